The highest BCUT2D eigenvalue weighted by molar-refractivity contribution is 5.96. The molecule has 1 aliphatic heterocycles. The minimum Gasteiger partial charge on any atom is -0.356 e. The van der Waals surface area contributed by atoms with Crippen LogP contribution in [-0.2, 0) is 14.3 Å². The normalized spacial score (nSPS) is 19.7. The SMILES string of the molecule is Cc1ccc(C2C(C(=O)Nc3ccc(C#N)cc3)OCC(=O)N2C)cc1. The van der Waals surface area contributed by atoms with Gasteiger partial charge in [0.15, 0.2) is 6.10 Å². The molecular formula is C20H19N3O3. The number of carbonyl (C=O) groups excluding carboxylic acids is 2. The summed E-state index contributed by atoms with van der Waals surface area (Å²) in [6, 6.07) is 15.8. The van der Waals surface area contributed by atoms with Crippen LogP contribution in [0.15, 0.2) is 48.5 Å². The molecule has 0 spiro atoms. The summed E-state index contributed by atoms with van der Waals surface area (Å²) < 4.78 is 5.58. The molecule has 1 fully saturated rings. The van der Waals surface area contributed by atoms with Crippen LogP contribution in [0.5, 0.6) is 0 Å². The molecule has 1 heterocycles. The van der Waals surface area contributed by atoms with Crippen molar-refractivity contribution in [3.05, 3.63) is 65.2 Å². The van der Waals surface area contributed by atoms with Gasteiger partial charge >= 0.3 is 0 Å². The van der Waals surface area contributed by atoms with E-state index in [1.807, 2.05) is 37.3 Å². The van der Waals surface area contributed by atoms with E-state index in [1.165, 1.54) is 0 Å². The largest absolute Gasteiger partial charge is 0.356 e. The molecule has 0 aromatic heterocycles. The average molecular weight is 349 g/mol. The monoisotopic (exact) mass is 349 g/mol. The Hall–Kier alpha value is -3.17. The van der Waals surface area contributed by atoms with E-state index in [0.717, 1.165) is 11.1 Å². The summed E-state index contributed by atoms with van der Waals surface area (Å²) in [6.45, 7) is 1.84. The van der Waals surface area contributed by atoms with E-state index in [1.54, 1.807) is 36.2 Å². The number of hydrogen-bond acceptors (Lipinski definition) is 4. The molecule has 6 nitrogen and oxygen atoms in total. The minimum atomic E-state index is -0.823. The Kier molecular flexibility index (Phi) is 5.01. The summed E-state index contributed by atoms with van der Waals surface area (Å²) in [7, 11) is 1.68. The van der Waals surface area contributed by atoms with E-state index in [0.29, 0.717) is 11.3 Å². The molecule has 2 aromatic rings. The fourth-order valence-corrected chi connectivity index (χ4v) is 2.93. The van der Waals surface area contributed by atoms with Crippen LogP contribution >= 0.6 is 0 Å². The molecule has 0 aliphatic carbocycles. The number of carbonyl (C=O) groups is 2. The van der Waals surface area contributed by atoms with Gasteiger partial charge in [0.05, 0.1) is 17.7 Å². The third-order valence-corrected chi connectivity index (χ3v) is 4.44. The third-order valence-electron chi connectivity index (χ3n) is 4.44. The van der Waals surface area contributed by atoms with Gasteiger partial charge in [-0.3, -0.25) is 9.59 Å². The molecule has 2 unspecified atom stereocenters. The van der Waals surface area contributed by atoms with Crippen molar-refractivity contribution in [1.82, 2.24) is 4.90 Å². The first-order valence-corrected chi connectivity index (χ1v) is 8.24. The molecule has 2 amide bonds. The number of amides is 2. The fourth-order valence-electron chi connectivity index (χ4n) is 2.93. The fraction of sp³-hybridized carbons (Fsp3) is 0.250. The number of aryl methyl sites for hydroxylation is 1. The van der Waals surface area contributed by atoms with Gasteiger partial charge in [-0.2, -0.15) is 5.26 Å². The molecule has 0 bridgehead atoms. The standard InChI is InChI=1S/C20H19N3O3/c1-13-3-7-15(8-4-13)18-19(26-12-17(24)23(18)2)20(25)22-16-9-5-14(11-21)6-10-16/h3-10,18-19H,12H2,1-2H3,(H,22,25). The van der Waals surface area contributed by atoms with Gasteiger partial charge in [0.1, 0.15) is 6.61 Å². The minimum absolute atomic E-state index is 0.135. The van der Waals surface area contributed by atoms with Crippen LogP contribution in [0.25, 0.3) is 0 Å². The van der Waals surface area contributed by atoms with Crippen molar-refractivity contribution < 1.29 is 14.3 Å². The highest BCUT2D eigenvalue weighted by atomic mass is 16.5. The topological polar surface area (TPSA) is 82.4 Å². The summed E-state index contributed by atoms with van der Waals surface area (Å²) in [5.41, 5.74) is 3.02. The second-order valence-corrected chi connectivity index (χ2v) is 6.27. The third kappa shape index (κ3) is 3.58. The smallest absolute Gasteiger partial charge is 0.256 e. The lowest BCUT2D eigenvalue weighted by Crippen LogP contribution is -2.51. The van der Waals surface area contributed by atoms with Gasteiger partial charge in [-0.25, -0.2) is 0 Å². The first-order valence-electron chi connectivity index (χ1n) is 8.24. The van der Waals surface area contributed by atoms with Crippen LogP contribution in [0.1, 0.15) is 22.7 Å². The number of ether oxygens (including phenoxy) is 1. The first kappa shape index (κ1) is 17.6. The number of rotatable bonds is 3. The lowest BCUT2D eigenvalue weighted by atomic mass is 9.96. The maximum absolute atomic E-state index is 12.8. The van der Waals surface area contributed by atoms with Gasteiger partial charge in [0, 0.05) is 12.7 Å². The summed E-state index contributed by atoms with van der Waals surface area (Å²) in [5.74, 6) is -0.502. The summed E-state index contributed by atoms with van der Waals surface area (Å²) in [6.07, 6.45) is -0.823. The summed E-state index contributed by atoms with van der Waals surface area (Å²) >= 11 is 0. The highest BCUT2D eigenvalue weighted by Gasteiger charge is 2.40. The van der Waals surface area contributed by atoms with Crippen LogP contribution in [0.2, 0.25) is 0 Å². The molecule has 2 aromatic carbocycles. The molecule has 3 rings (SSSR count). The molecule has 6 heteroatoms. The predicted octanol–water partition coefficient (Wildman–Crippen LogP) is 2.40. The number of benzene rings is 2. The zero-order chi connectivity index (χ0) is 18.7. The number of nitrogens with one attached hydrogen (secondary N) is 1. The van der Waals surface area contributed by atoms with Gasteiger partial charge in [-0.05, 0) is 36.8 Å². The Morgan fingerprint density at radius 3 is 2.46 bits per heavy atom. The Labute approximate surface area is 152 Å². The molecule has 0 saturated carbocycles. The predicted molar refractivity (Wildman–Crippen MR) is 96.2 cm³/mol. The number of nitrogens with zero attached hydrogens (tertiary/aromatic N) is 2. The Morgan fingerprint density at radius 1 is 1.19 bits per heavy atom. The Morgan fingerprint density at radius 2 is 1.85 bits per heavy atom. The average Bonchev–Trinajstić information content (AvgIpc) is 2.65. The van der Waals surface area contributed by atoms with E-state index in [9.17, 15) is 9.59 Å². The van der Waals surface area contributed by atoms with Gasteiger partial charge in [0.25, 0.3) is 5.91 Å². The zero-order valence-electron chi connectivity index (χ0n) is 14.6. The number of likely N-dealkylation sites (N-methyl/N-ethyl adjacent to an activating group) is 1. The van der Waals surface area contributed by atoms with Crippen molar-refractivity contribution in [2.45, 2.75) is 19.1 Å². The van der Waals surface area contributed by atoms with Gasteiger partial charge in [-0.15, -0.1) is 0 Å². The molecular weight excluding hydrogens is 330 g/mol. The van der Waals surface area contributed by atoms with Crippen molar-refractivity contribution in [2.75, 3.05) is 19.0 Å². The van der Waals surface area contributed by atoms with Crippen LogP contribution in [-0.4, -0.2) is 36.5 Å². The molecule has 2 atom stereocenters. The van der Waals surface area contributed by atoms with Crippen LogP contribution in [0.3, 0.4) is 0 Å². The van der Waals surface area contributed by atoms with Crippen molar-refractivity contribution in [2.24, 2.45) is 0 Å². The molecule has 132 valence electrons. The molecule has 26 heavy (non-hydrogen) atoms. The van der Waals surface area contributed by atoms with E-state index in [2.05, 4.69) is 5.32 Å². The van der Waals surface area contributed by atoms with Crippen molar-refractivity contribution in [3.63, 3.8) is 0 Å². The maximum Gasteiger partial charge on any atom is 0.256 e. The number of nitriles is 1. The number of morpholine rings is 1. The van der Waals surface area contributed by atoms with E-state index in [-0.39, 0.29) is 18.4 Å². The molecule has 1 N–H and O–H groups in total. The highest BCUT2D eigenvalue weighted by Crippen LogP contribution is 2.30. The lowest BCUT2D eigenvalue weighted by molar-refractivity contribution is -0.160. The second kappa shape index (κ2) is 7.38. The quantitative estimate of drug-likeness (QED) is 0.922. The van der Waals surface area contributed by atoms with Crippen LogP contribution in [0, 0.1) is 18.3 Å². The van der Waals surface area contributed by atoms with Crippen molar-refractivity contribution >= 4 is 17.5 Å². The summed E-state index contributed by atoms with van der Waals surface area (Å²) in [5, 5.41) is 11.7. The van der Waals surface area contributed by atoms with E-state index < -0.39 is 12.1 Å². The number of hydrogen-bond donors (Lipinski definition) is 1. The van der Waals surface area contributed by atoms with Gasteiger partial charge < -0.3 is 15.0 Å². The summed E-state index contributed by atoms with van der Waals surface area (Å²) in [4.78, 5) is 26.4. The van der Waals surface area contributed by atoms with Gasteiger partial charge in [-0.1, -0.05) is 29.8 Å². The van der Waals surface area contributed by atoms with Crippen LogP contribution in [0.4, 0.5) is 5.69 Å². The van der Waals surface area contributed by atoms with Crippen molar-refractivity contribution in [3.8, 4) is 6.07 Å². The zero-order valence-corrected chi connectivity index (χ0v) is 14.6. The Balaban J connectivity index is 1.84. The van der Waals surface area contributed by atoms with E-state index >= 15 is 0 Å². The number of anilines is 1. The maximum atomic E-state index is 12.8. The molecule has 1 aliphatic rings. The Bertz CT molecular complexity index is 853. The van der Waals surface area contributed by atoms with Crippen LogP contribution < -0.4 is 5.32 Å². The first-order chi connectivity index (χ1) is 12.5. The van der Waals surface area contributed by atoms with Gasteiger partial charge in [0.2, 0.25) is 5.91 Å². The molecule has 1 saturated heterocycles. The van der Waals surface area contributed by atoms with Crippen molar-refractivity contribution in [1.29, 1.82) is 5.26 Å². The second-order valence-electron chi connectivity index (χ2n) is 6.27. The molecule has 0 radical (unpaired) electrons. The lowest BCUT2D eigenvalue weighted by Gasteiger charge is -2.38. The van der Waals surface area contributed by atoms with E-state index in [4.69, 9.17) is 10.00 Å².